The van der Waals surface area contributed by atoms with Gasteiger partial charge in [0.05, 0.1) is 20.8 Å². The summed E-state index contributed by atoms with van der Waals surface area (Å²) in [6.45, 7) is 5.61. The number of nitrogens with zero attached hydrogens (tertiary/aromatic N) is 1. The Bertz CT molecular complexity index is 882. The molecule has 138 valence electrons. The minimum absolute atomic E-state index is 0.596. The molecule has 4 nitrogen and oxygen atoms in total. The molecule has 1 aromatic heterocycles. The van der Waals surface area contributed by atoms with Gasteiger partial charge in [-0.3, -0.25) is 0 Å². The number of hydrogen-bond acceptors (Lipinski definition) is 3. The Morgan fingerprint density at radius 1 is 1.04 bits per heavy atom. The van der Waals surface area contributed by atoms with Crippen molar-refractivity contribution in [1.82, 2.24) is 4.57 Å². The molecular formula is C22H27NO3. The largest absolute Gasteiger partial charge is 0.493 e. The first-order valence-corrected chi connectivity index (χ1v) is 9.10. The summed E-state index contributed by atoms with van der Waals surface area (Å²) >= 11 is 0. The molecular weight excluding hydrogens is 326 g/mol. The minimum atomic E-state index is 0.596. The lowest BCUT2D eigenvalue weighted by Crippen LogP contribution is -2.07. The zero-order chi connectivity index (χ0) is 18.5. The lowest BCUT2D eigenvalue weighted by Gasteiger charge is -2.14. The van der Waals surface area contributed by atoms with Crippen LogP contribution < -0.4 is 14.2 Å². The molecule has 4 heteroatoms. The number of hydrogen-bond donors (Lipinski definition) is 0. The molecule has 3 aromatic rings. The highest BCUT2D eigenvalue weighted by molar-refractivity contribution is 5.84. The van der Waals surface area contributed by atoms with Gasteiger partial charge in [-0.2, -0.15) is 0 Å². The van der Waals surface area contributed by atoms with Crippen LogP contribution in [-0.2, 0) is 13.0 Å². The summed E-state index contributed by atoms with van der Waals surface area (Å²) in [7, 11) is 3.29. The summed E-state index contributed by atoms with van der Waals surface area (Å²) in [6.07, 6.45) is 4.51. The van der Waals surface area contributed by atoms with Crippen LogP contribution in [0.25, 0.3) is 10.9 Å². The number of aryl methyl sites for hydroxylation is 2. The van der Waals surface area contributed by atoms with Gasteiger partial charge >= 0.3 is 0 Å². The first-order chi connectivity index (χ1) is 12.7. The molecule has 2 aromatic carbocycles. The second-order valence-corrected chi connectivity index (χ2v) is 6.44. The SMILES string of the molecule is CCCc1cn(CCOc2cc(C)c(OC)c(OC)c2)c2ccccc12. The summed E-state index contributed by atoms with van der Waals surface area (Å²) in [5, 5.41) is 1.34. The predicted molar refractivity (Wildman–Crippen MR) is 106 cm³/mol. The van der Waals surface area contributed by atoms with E-state index in [1.54, 1.807) is 14.2 Å². The molecule has 0 aliphatic rings. The van der Waals surface area contributed by atoms with Crippen molar-refractivity contribution in [2.24, 2.45) is 0 Å². The molecule has 0 unspecified atom stereocenters. The van der Waals surface area contributed by atoms with Gasteiger partial charge in [0.2, 0.25) is 0 Å². The average Bonchev–Trinajstić information content (AvgIpc) is 2.99. The zero-order valence-electron chi connectivity index (χ0n) is 16.0. The van der Waals surface area contributed by atoms with Crippen molar-refractivity contribution in [2.45, 2.75) is 33.2 Å². The van der Waals surface area contributed by atoms with Gasteiger partial charge in [-0.25, -0.2) is 0 Å². The molecule has 1 heterocycles. The first-order valence-electron chi connectivity index (χ1n) is 9.10. The van der Waals surface area contributed by atoms with Crippen molar-refractivity contribution in [3.8, 4) is 17.2 Å². The Labute approximate surface area is 155 Å². The van der Waals surface area contributed by atoms with Gasteiger partial charge in [-0.1, -0.05) is 31.5 Å². The highest BCUT2D eigenvalue weighted by Gasteiger charge is 2.11. The van der Waals surface area contributed by atoms with Crippen LogP contribution in [0.5, 0.6) is 17.2 Å². The van der Waals surface area contributed by atoms with Gasteiger partial charge in [0, 0.05) is 23.2 Å². The fraction of sp³-hybridized carbons (Fsp3) is 0.364. The fourth-order valence-electron chi connectivity index (χ4n) is 3.44. The number of methoxy groups -OCH3 is 2. The van der Waals surface area contributed by atoms with Crippen LogP contribution >= 0.6 is 0 Å². The summed E-state index contributed by atoms with van der Waals surface area (Å²) in [5.74, 6) is 2.24. The molecule has 0 N–H and O–H groups in total. The van der Waals surface area contributed by atoms with Crippen LogP contribution in [0.4, 0.5) is 0 Å². The van der Waals surface area contributed by atoms with Crippen molar-refractivity contribution < 1.29 is 14.2 Å². The number of ether oxygens (including phenoxy) is 3. The third kappa shape index (κ3) is 3.64. The zero-order valence-corrected chi connectivity index (χ0v) is 16.0. The van der Waals surface area contributed by atoms with E-state index < -0.39 is 0 Å². The number of rotatable bonds is 8. The molecule has 0 aliphatic heterocycles. The van der Waals surface area contributed by atoms with Crippen LogP contribution in [0.2, 0.25) is 0 Å². The number of para-hydroxylation sites is 1. The van der Waals surface area contributed by atoms with Gasteiger partial charge in [0.25, 0.3) is 0 Å². The topological polar surface area (TPSA) is 32.6 Å². The van der Waals surface area contributed by atoms with E-state index >= 15 is 0 Å². The summed E-state index contributed by atoms with van der Waals surface area (Å²) in [4.78, 5) is 0. The molecule has 0 amide bonds. The lowest BCUT2D eigenvalue weighted by molar-refractivity contribution is 0.295. The van der Waals surface area contributed by atoms with Crippen LogP contribution in [0, 0.1) is 6.92 Å². The summed E-state index contributed by atoms with van der Waals surface area (Å²) in [6, 6.07) is 12.4. The van der Waals surface area contributed by atoms with Crippen LogP contribution in [0.1, 0.15) is 24.5 Å². The quantitative estimate of drug-likeness (QED) is 0.571. The van der Waals surface area contributed by atoms with Gasteiger partial charge in [-0.15, -0.1) is 0 Å². The second-order valence-electron chi connectivity index (χ2n) is 6.44. The summed E-state index contributed by atoms with van der Waals surface area (Å²) < 4.78 is 19.1. The van der Waals surface area contributed by atoms with Gasteiger partial charge in [-0.05, 0) is 36.6 Å². The van der Waals surface area contributed by atoms with E-state index in [1.165, 1.54) is 16.5 Å². The predicted octanol–water partition coefficient (Wildman–Crippen LogP) is 5.00. The molecule has 0 radical (unpaired) electrons. The molecule has 0 saturated carbocycles. The standard InChI is InChI=1S/C22H27NO3/c1-5-8-17-15-23(20-10-7-6-9-19(17)20)11-12-26-18-13-16(2)22(25-4)21(14-18)24-3/h6-7,9-10,13-15H,5,8,11-12H2,1-4H3. The highest BCUT2D eigenvalue weighted by Crippen LogP contribution is 2.35. The van der Waals surface area contributed by atoms with E-state index in [0.29, 0.717) is 12.4 Å². The Balaban J connectivity index is 1.74. The number of fused-ring (bicyclic) bond motifs is 1. The Morgan fingerprint density at radius 3 is 2.58 bits per heavy atom. The maximum absolute atomic E-state index is 5.99. The Hall–Kier alpha value is -2.62. The van der Waals surface area contributed by atoms with E-state index in [9.17, 15) is 0 Å². The van der Waals surface area contributed by atoms with Crippen molar-refractivity contribution in [2.75, 3.05) is 20.8 Å². The molecule has 0 aliphatic carbocycles. The monoisotopic (exact) mass is 353 g/mol. The van der Waals surface area contributed by atoms with E-state index in [0.717, 1.165) is 36.4 Å². The molecule has 0 bridgehead atoms. The molecule has 3 rings (SSSR count). The third-order valence-corrected chi connectivity index (χ3v) is 4.63. The van der Waals surface area contributed by atoms with Gasteiger partial charge in [0.15, 0.2) is 11.5 Å². The van der Waals surface area contributed by atoms with Crippen molar-refractivity contribution in [3.05, 3.63) is 53.7 Å². The lowest BCUT2D eigenvalue weighted by atomic mass is 10.1. The third-order valence-electron chi connectivity index (χ3n) is 4.63. The summed E-state index contributed by atoms with van der Waals surface area (Å²) in [5.41, 5.74) is 3.67. The van der Waals surface area contributed by atoms with E-state index in [1.807, 2.05) is 19.1 Å². The fourth-order valence-corrected chi connectivity index (χ4v) is 3.44. The second kappa shape index (κ2) is 8.17. The van der Waals surface area contributed by atoms with E-state index in [4.69, 9.17) is 14.2 Å². The van der Waals surface area contributed by atoms with Crippen molar-refractivity contribution in [3.63, 3.8) is 0 Å². The number of aromatic nitrogens is 1. The Kier molecular flexibility index (Phi) is 5.71. The van der Waals surface area contributed by atoms with Gasteiger partial charge in [0.1, 0.15) is 12.4 Å². The molecule has 0 atom stereocenters. The maximum Gasteiger partial charge on any atom is 0.164 e. The molecule has 0 saturated heterocycles. The minimum Gasteiger partial charge on any atom is -0.493 e. The first kappa shape index (κ1) is 18.2. The van der Waals surface area contributed by atoms with Crippen LogP contribution in [0.3, 0.4) is 0 Å². The Morgan fingerprint density at radius 2 is 1.85 bits per heavy atom. The smallest absolute Gasteiger partial charge is 0.164 e. The van der Waals surface area contributed by atoms with Crippen molar-refractivity contribution >= 4 is 10.9 Å². The number of benzene rings is 2. The molecule has 26 heavy (non-hydrogen) atoms. The normalized spacial score (nSPS) is 10.9. The maximum atomic E-state index is 5.99. The van der Waals surface area contributed by atoms with Crippen LogP contribution in [0.15, 0.2) is 42.6 Å². The average molecular weight is 353 g/mol. The van der Waals surface area contributed by atoms with E-state index in [-0.39, 0.29) is 0 Å². The van der Waals surface area contributed by atoms with Crippen molar-refractivity contribution in [1.29, 1.82) is 0 Å². The highest BCUT2D eigenvalue weighted by atomic mass is 16.5. The van der Waals surface area contributed by atoms with Gasteiger partial charge < -0.3 is 18.8 Å². The van der Waals surface area contributed by atoms with Crippen LogP contribution in [-0.4, -0.2) is 25.4 Å². The molecule has 0 fully saturated rings. The molecule has 0 spiro atoms. The van der Waals surface area contributed by atoms with E-state index in [2.05, 4.69) is 42.0 Å².